The van der Waals surface area contributed by atoms with Crippen LogP contribution >= 0.6 is 24.2 Å². The molecule has 33 heavy (non-hydrogen) atoms. The molecule has 0 bridgehead atoms. The molecule has 2 fully saturated rings. The highest BCUT2D eigenvalue weighted by Gasteiger charge is 2.39. The van der Waals surface area contributed by atoms with Crippen LogP contribution in [-0.2, 0) is 22.7 Å². The Morgan fingerprint density at radius 3 is 2.64 bits per heavy atom. The van der Waals surface area contributed by atoms with Gasteiger partial charge in [-0.2, -0.15) is 12.6 Å². The predicted molar refractivity (Wildman–Crippen MR) is 134 cm³/mol. The Hall–Kier alpha value is -2.06. The zero-order valence-corrected chi connectivity index (χ0v) is 20.4. The molecule has 0 radical (unpaired) electrons. The van der Waals surface area contributed by atoms with Crippen LogP contribution < -0.4 is 10.2 Å². The number of piperidine rings is 1. The molecule has 174 valence electrons. The minimum atomic E-state index is -0.302. The van der Waals surface area contributed by atoms with E-state index in [9.17, 15) is 9.59 Å². The molecule has 2 unspecified atom stereocenters. The third-order valence-corrected chi connectivity index (χ3v) is 7.87. The van der Waals surface area contributed by atoms with Crippen molar-refractivity contribution in [3.05, 3.63) is 63.7 Å². The number of amides is 2. The van der Waals surface area contributed by atoms with E-state index < -0.39 is 0 Å². The van der Waals surface area contributed by atoms with Gasteiger partial charge in [-0.25, -0.2) is 0 Å². The van der Waals surface area contributed by atoms with E-state index in [1.54, 1.807) is 0 Å². The monoisotopic (exact) mass is 484 g/mol. The maximum atomic E-state index is 12.4. The maximum absolute atomic E-state index is 12.4. The number of fused-ring (bicyclic) bond motifs is 1. The summed E-state index contributed by atoms with van der Waals surface area (Å²) in [6, 6.07) is 12.4. The van der Waals surface area contributed by atoms with E-state index in [4.69, 9.17) is 24.2 Å². The fourth-order valence-corrected chi connectivity index (χ4v) is 5.85. The lowest BCUT2D eigenvalue weighted by molar-refractivity contribution is -0.137. The fraction of sp³-hybridized carbons (Fsp3) is 0.440. The summed E-state index contributed by atoms with van der Waals surface area (Å²) in [5, 5.41) is 3.12. The van der Waals surface area contributed by atoms with Crippen molar-refractivity contribution in [2.75, 3.05) is 31.1 Å². The first-order valence-electron chi connectivity index (χ1n) is 11.5. The predicted octanol–water partition coefficient (Wildman–Crippen LogP) is 3.52. The molecule has 3 heterocycles. The van der Waals surface area contributed by atoms with Crippen LogP contribution in [0.3, 0.4) is 0 Å². The first kappa shape index (κ1) is 22.7. The second kappa shape index (κ2) is 9.29. The second-order valence-corrected chi connectivity index (χ2v) is 10.2. The van der Waals surface area contributed by atoms with E-state index in [0.29, 0.717) is 19.4 Å². The first-order chi connectivity index (χ1) is 15.9. The van der Waals surface area contributed by atoms with Crippen LogP contribution in [0, 0.1) is 6.92 Å². The number of nitrogens with one attached hydrogen (secondary N) is 1. The van der Waals surface area contributed by atoms with E-state index in [0.717, 1.165) is 37.7 Å². The molecule has 0 aliphatic carbocycles. The standard InChI is InChI=1S/C25H29ClN4O2S/c1-16-2-5-19(26)13-22(16)29-10-8-28(9-11-29)14-17-3-4-18-15-30(25(33)20(18)12-17)21-6-7-23(31)27-24(21)32/h2-5,12-13,21,25,33H,6-11,14-15H2,1H3,(H,27,31,32). The van der Waals surface area contributed by atoms with Crippen molar-refractivity contribution < 1.29 is 9.59 Å². The van der Waals surface area contributed by atoms with Gasteiger partial charge in [0.15, 0.2) is 0 Å². The summed E-state index contributed by atoms with van der Waals surface area (Å²) in [7, 11) is 0. The number of carbonyl (C=O) groups is 2. The quantitative estimate of drug-likeness (QED) is 0.513. The smallest absolute Gasteiger partial charge is 0.243 e. The summed E-state index contributed by atoms with van der Waals surface area (Å²) < 4.78 is 0. The molecule has 5 rings (SSSR count). The Morgan fingerprint density at radius 2 is 1.88 bits per heavy atom. The van der Waals surface area contributed by atoms with E-state index in [-0.39, 0.29) is 23.2 Å². The van der Waals surface area contributed by atoms with Crippen LogP contribution in [0.4, 0.5) is 5.69 Å². The molecule has 0 aromatic heterocycles. The molecule has 2 saturated heterocycles. The summed E-state index contributed by atoms with van der Waals surface area (Å²) in [6.45, 7) is 7.66. The van der Waals surface area contributed by atoms with Gasteiger partial charge in [-0.1, -0.05) is 35.9 Å². The highest BCUT2D eigenvalue weighted by atomic mass is 35.5. The Labute approximate surface area is 205 Å². The molecule has 6 nitrogen and oxygen atoms in total. The zero-order chi connectivity index (χ0) is 23.1. The molecule has 0 spiro atoms. The van der Waals surface area contributed by atoms with E-state index in [1.807, 2.05) is 6.07 Å². The number of anilines is 1. The van der Waals surface area contributed by atoms with Crippen molar-refractivity contribution in [3.63, 3.8) is 0 Å². The van der Waals surface area contributed by atoms with Crippen LogP contribution in [0.1, 0.15) is 40.5 Å². The number of hydrogen-bond donors (Lipinski definition) is 2. The maximum Gasteiger partial charge on any atom is 0.243 e. The van der Waals surface area contributed by atoms with Gasteiger partial charge in [-0.15, -0.1) is 0 Å². The summed E-state index contributed by atoms with van der Waals surface area (Å²) in [5.41, 5.74) is 6.14. The minimum Gasteiger partial charge on any atom is -0.369 e. The number of thiol groups is 1. The van der Waals surface area contributed by atoms with Gasteiger partial charge < -0.3 is 4.90 Å². The normalized spacial score (nSPS) is 24.2. The summed E-state index contributed by atoms with van der Waals surface area (Å²) >= 11 is 11.1. The summed E-state index contributed by atoms with van der Waals surface area (Å²) in [6.07, 6.45) is 0.939. The lowest BCUT2D eigenvalue weighted by atomic mass is 10.0. The van der Waals surface area contributed by atoms with E-state index in [2.05, 4.69) is 57.3 Å². The van der Waals surface area contributed by atoms with Crippen molar-refractivity contribution in [3.8, 4) is 0 Å². The molecular formula is C25H29ClN4O2S. The Kier molecular flexibility index (Phi) is 6.40. The van der Waals surface area contributed by atoms with E-state index >= 15 is 0 Å². The molecule has 0 saturated carbocycles. The molecule has 3 aliphatic heterocycles. The lowest BCUT2D eigenvalue weighted by Gasteiger charge is -2.37. The summed E-state index contributed by atoms with van der Waals surface area (Å²) in [5.74, 6) is -0.386. The number of imide groups is 1. The summed E-state index contributed by atoms with van der Waals surface area (Å²) in [4.78, 5) is 30.9. The van der Waals surface area contributed by atoms with Crippen molar-refractivity contribution in [1.82, 2.24) is 15.1 Å². The third-order valence-electron chi connectivity index (χ3n) is 7.06. The van der Waals surface area contributed by atoms with Gasteiger partial charge in [0.05, 0.1) is 11.4 Å². The molecule has 3 aliphatic rings. The Bertz CT molecular complexity index is 1090. The van der Waals surface area contributed by atoms with Crippen LogP contribution in [0.15, 0.2) is 36.4 Å². The lowest BCUT2D eigenvalue weighted by Crippen LogP contribution is -2.51. The molecule has 2 aromatic carbocycles. The Balaban J connectivity index is 1.22. The van der Waals surface area contributed by atoms with Crippen LogP contribution in [0.25, 0.3) is 0 Å². The van der Waals surface area contributed by atoms with Crippen molar-refractivity contribution in [1.29, 1.82) is 0 Å². The largest absolute Gasteiger partial charge is 0.369 e. The minimum absolute atomic E-state index is 0.133. The van der Waals surface area contributed by atoms with Crippen LogP contribution in [-0.4, -0.2) is 53.8 Å². The second-order valence-electron chi connectivity index (χ2n) is 9.24. The molecule has 2 atom stereocenters. The molecule has 1 N–H and O–H groups in total. The highest BCUT2D eigenvalue weighted by Crippen LogP contribution is 2.39. The average Bonchev–Trinajstić information content (AvgIpc) is 3.12. The zero-order valence-electron chi connectivity index (χ0n) is 18.8. The van der Waals surface area contributed by atoms with Crippen LogP contribution in [0.5, 0.6) is 0 Å². The van der Waals surface area contributed by atoms with Gasteiger partial charge in [0.1, 0.15) is 0 Å². The number of aryl methyl sites for hydroxylation is 1. The Morgan fingerprint density at radius 1 is 1.09 bits per heavy atom. The van der Waals surface area contributed by atoms with Gasteiger partial charge >= 0.3 is 0 Å². The van der Waals surface area contributed by atoms with Gasteiger partial charge in [-0.05, 0) is 47.7 Å². The molecule has 2 aromatic rings. The van der Waals surface area contributed by atoms with Crippen molar-refractivity contribution >= 4 is 41.7 Å². The number of rotatable bonds is 4. The number of halogens is 1. The molecular weight excluding hydrogens is 456 g/mol. The van der Waals surface area contributed by atoms with Gasteiger partial charge in [-0.3, -0.25) is 24.7 Å². The third kappa shape index (κ3) is 4.64. The fourth-order valence-electron chi connectivity index (χ4n) is 5.20. The number of nitrogens with zero attached hydrogens (tertiary/aromatic N) is 3. The van der Waals surface area contributed by atoms with Gasteiger partial charge in [0, 0.05) is 56.4 Å². The molecule has 8 heteroatoms. The van der Waals surface area contributed by atoms with E-state index in [1.165, 1.54) is 27.9 Å². The van der Waals surface area contributed by atoms with Crippen molar-refractivity contribution in [2.45, 2.75) is 44.3 Å². The topological polar surface area (TPSA) is 55.9 Å². The first-order valence-corrected chi connectivity index (χ1v) is 12.4. The number of hydrogen-bond acceptors (Lipinski definition) is 6. The van der Waals surface area contributed by atoms with Crippen LogP contribution in [0.2, 0.25) is 5.02 Å². The number of piperazine rings is 1. The average molecular weight is 485 g/mol. The van der Waals surface area contributed by atoms with Crippen molar-refractivity contribution in [2.24, 2.45) is 0 Å². The van der Waals surface area contributed by atoms with Gasteiger partial charge in [0.25, 0.3) is 0 Å². The molecule has 2 amide bonds. The highest BCUT2D eigenvalue weighted by molar-refractivity contribution is 7.80. The number of carbonyl (C=O) groups excluding carboxylic acids is 2. The number of benzene rings is 2. The SMILES string of the molecule is Cc1ccc(Cl)cc1N1CCN(Cc2ccc3c(c2)C(S)N(C2CCC(=O)NC2=O)C3)CC1. The van der Waals surface area contributed by atoms with Gasteiger partial charge in [0.2, 0.25) is 11.8 Å².